The van der Waals surface area contributed by atoms with Crippen molar-refractivity contribution in [3.05, 3.63) is 101 Å². The second-order valence-electron chi connectivity index (χ2n) is 7.39. The molecule has 0 radical (unpaired) electrons. The van der Waals surface area contributed by atoms with Crippen LogP contribution in [0.15, 0.2) is 78.5 Å². The van der Waals surface area contributed by atoms with E-state index in [2.05, 4.69) is 4.98 Å². The van der Waals surface area contributed by atoms with Crippen LogP contribution in [0.2, 0.25) is 0 Å². The molecule has 1 amide bonds. The molecule has 0 spiro atoms. The van der Waals surface area contributed by atoms with Crippen molar-refractivity contribution >= 4 is 17.4 Å². The average Bonchev–Trinajstić information content (AvgIpc) is 3.04. The van der Waals surface area contributed by atoms with E-state index in [1.54, 1.807) is 49.7 Å². The van der Waals surface area contributed by atoms with Crippen molar-refractivity contribution in [2.75, 3.05) is 7.11 Å². The number of hydrogen-bond acceptors (Lipinski definition) is 5. The van der Waals surface area contributed by atoms with E-state index < -0.39 is 17.7 Å². The molecule has 1 atom stereocenters. The van der Waals surface area contributed by atoms with E-state index in [-0.39, 0.29) is 17.9 Å². The predicted molar refractivity (Wildman–Crippen MR) is 116 cm³/mol. The highest BCUT2D eigenvalue weighted by Crippen LogP contribution is 2.40. The standard InChI is InChI=1S/C25H22N2O4/c1-16-6-5-7-18(14-16)22-21(23(28)17-9-11-20(31-2)12-10-17)24(29)25(30)27(22)15-19-8-3-4-13-26-19/h3-14,22,28H,15H2,1-2H3/b23-21-. The number of ketones is 1. The zero-order valence-electron chi connectivity index (χ0n) is 17.3. The molecular formula is C25H22N2O4. The maximum atomic E-state index is 13.1. The van der Waals surface area contributed by atoms with Crippen molar-refractivity contribution in [2.45, 2.75) is 19.5 Å². The van der Waals surface area contributed by atoms with Crippen molar-refractivity contribution in [2.24, 2.45) is 0 Å². The normalized spacial score (nSPS) is 17.7. The van der Waals surface area contributed by atoms with Crippen LogP contribution in [0.25, 0.3) is 5.76 Å². The number of aliphatic hydroxyl groups excluding tert-OH is 1. The first-order chi connectivity index (χ1) is 15.0. The van der Waals surface area contributed by atoms with E-state index in [9.17, 15) is 14.7 Å². The monoisotopic (exact) mass is 414 g/mol. The average molecular weight is 414 g/mol. The Balaban J connectivity index is 1.85. The van der Waals surface area contributed by atoms with Crippen LogP contribution in [0, 0.1) is 6.92 Å². The molecule has 6 heteroatoms. The third-order valence-corrected chi connectivity index (χ3v) is 5.32. The summed E-state index contributed by atoms with van der Waals surface area (Å²) in [6.07, 6.45) is 1.64. The maximum absolute atomic E-state index is 13.1. The Hall–Kier alpha value is -3.93. The topological polar surface area (TPSA) is 79.7 Å². The molecule has 1 N–H and O–H groups in total. The van der Waals surface area contributed by atoms with Gasteiger partial charge in [0.2, 0.25) is 0 Å². The Morgan fingerprint density at radius 3 is 2.48 bits per heavy atom. The van der Waals surface area contributed by atoms with Crippen molar-refractivity contribution in [1.29, 1.82) is 0 Å². The minimum Gasteiger partial charge on any atom is -0.507 e. The number of aliphatic hydroxyl groups is 1. The quantitative estimate of drug-likeness (QED) is 0.388. The third-order valence-electron chi connectivity index (χ3n) is 5.32. The van der Waals surface area contributed by atoms with Crippen molar-refractivity contribution in [3.63, 3.8) is 0 Å². The predicted octanol–water partition coefficient (Wildman–Crippen LogP) is 4.02. The first-order valence-electron chi connectivity index (χ1n) is 9.89. The van der Waals surface area contributed by atoms with Crippen LogP contribution in [0.5, 0.6) is 5.75 Å². The van der Waals surface area contributed by atoms with Gasteiger partial charge in [-0.05, 0) is 48.9 Å². The highest BCUT2D eigenvalue weighted by Gasteiger charge is 2.46. The molecule has 3 aromatic rings. The van der Waals surface area contributed by atoms with Crippen LogP contribution in [0.4, 0.5) is 0 Å². The van der Waals surface area contributed by atoms with E-state index in [0.717, 1.165) is 11.1 Å². The van der Waals surface area contributed by atoms with Crippen LogP contribution in [0.3, 0.4) is 0 Å². The van der Waals surface area contributed by atoms with Crippen molar-refractivity contribution in [3.8, 4) is 5.75 Å². The fourth-order valence-corrected chi connectivity index (χ4v) is 3.80. The van der Waals surface area contributed by atoms with Gasteiger partial charge in [0.05, 0.1) is 31.0 Å². The second-order valence-corrected chi connectivity index (χ2v) is 7.39. The van der Waals surface area contributed by atoms with Gasteiger partial charge in [-0.1, -0.05) is 35.9 Å². The summed E-state index contributed by atoms with van der Waals surface area (Å²) in [6.45, 7) is 2.10. The van der Waals surface area contributed by atoms with Crippen molar-refractivity contribution < 1.29 is 19.4 Å². The molecule has 1 saturated heterocycles. The molecule has 1 fully saturated rings. The van der Waals surface area contributed by atoms with Gasteiger partial charge in [0.1, 0.15) is 11.5 Å². The Bertz CT molecular complexity index is 1150. The lowest BCUT2D eigenvalue weighted by Crippen LogP contribution is -2.29. The molecule has 2 aromatic carbocycles. The molecule has 1 aliphatic rings. The number of aryl methyl sites for hydroxylation is 1. The minimum absolute atomic E-state index is 0.0664. The number of aromatic nitrogens is 1. The SMILES string of the molecule is COc1ccc(/C(O)=C2/C(=O)C(=O)N(Cc3ccccn3)C2c2cccc(C)c2)cc1. The highest BCUT2D eigenvalue weighted by atomic mass is 16.5. The molecule has 1 aromatic heterocycles. The van der Waals surface area contributed by atoms with Gasteiger partial charge in [-0.15, -0.1) is 0 Å². The summed E-state index contributed by atoms with van der Waals surface area (Å²) < 4.78 is 5.17. The summed E-state index contributed by atoms with van der Waals surface area (Å²) in [7, 11) is 1.55. The Morgan fingerprint density at radius 1 is 1.06 bits per heavy atom. The third kappa shape index (κ3) is 3.92. The number of carbonyl (C=O) groups excluding carboxylic acids is 2. The van der Waals surface area contributed by atoms with Crippen LogP contribution in [0.1, 0.15) is 28.4 Å². The summed E-state index contributed by atoms with van der Waals surface area (Å²) in [4.78, 5) is 31.8. The smallest absolute Gasteiger partial charge is 0.296 e. The van der Waals surface area contributed by atoms with Gasteiger partial charge in [-0.3, -0.25) is 14.6 Å². The summed E-state index contributed by atoms with van der Waals surface area (Å²) in [5.74, 6) is -0.957. The second kappa shape index (κ2) is 8.44. The summed E-state index contributed by atoms with van der Waals surface area (Å²) in [5, 5.41) is 11.1. The number of pyridine rings is 1. The number of carbonyl (C=O) groups is 2. The number of amides is 1. The van der Waals surface area contributed by atoms with Crippen LogP contribution >= 0.6 is 0 Å². The van der Waals surface area contributed by atoms with Gasteiger partial charge in [0.15, 0.2) is 0 Å². The van der Waals surface area contributed by atoms with E-state index in [4.69, 9.17) is 4.74 Å². The fourth-order valence-electron chi connectivity index (χ4n) is 3.80. The first-order valence-corrected chi connectivity index (χ1v) is 9.89. The fraction of sp³-hybridized carbons (Fsp3) is 0.160. The van der Waals surface area contributed by atoms with Crippen LogP contribution in [-0.2, 0) is 16.1 Å². The van der Waals surface area contributed by atoms with Gasteiger partial charge >= 0.3 is 0 Å². The van der Waals surface area contributed by atoms with Gasteiger partial charge < -0.3 is 14.7 Å². The highest BCUT2D eigenvalue weighted by molar-refractivity contribution is 6.46. The molecular weight excluding hydrogens is 392 g/mol. The summed E-state index contributed by atoms with van der Waals surface area (Å²) >= 11 is 0. The Labute approximate surface area is 180 Å². The largest absolute Gasteiger partial charge is 0.507 e. The maximum Gasteiger partial charge on any atom is 0.296 e. The molecule has 1 unspecified atom stereocenters. The number of Topliss-reactive ketones (excluding diaryl/α,β-unsaturated/α-hetero) is 1. The van der Waals surface area contributed by atoms with E-state index >= 15 is 0 Å². The van der Waals surface area contributed by atoms with E-state index in [1.807, 2.05) is 37.3 Å². The molecule has 2 heterocycles. The lowest BCUT2D eigenvalue weighted by atomic mass is 9.94. The number of ether oxygens (including phenoxy) is 1. The first kappa shape index (κ1) is 20.3. The van der Waals surface area contributed by atoms with Gasteiger partial charge in [0, 0.05) is 11.8 Å². The zero-order valence-corrected chi connectivity index (χ0v) is 17.3. The minimum atomic E-state index is -0.719. The molecule has 0 bridgehead atoms. The number of nitrogens with zero attached hydrogens (tertiary/aromatic N) is 2. The summed E-state index contributed by atoms with van der Waals surface area (Å²) in [6, 6.07) is 19.0. The van der Waals surface area contributed by atoms with E-state index in [0.29, 0.717) is 17.0 Å². The lowest BCUT2D eigenvalue weighted by molar-refractivity contribution is -0.140. The lowest BCUT2D eigenvalue weighted by Gasteiger charge is -2.25. The number of hydrogen-bond donors (Lipinski definition) is 1. The number of methoxy groups -OCH3 is 1. The number of likely N-dealkylation sites (tertiary alicyclic amines) is 1. The molecule has 0 aliphatic carbocycles. The van der Waals surface area contributed by atoms with Gasteiger partial charge in [0.25, 0.3) is 11.7 Å². The van der Waals surface area contributed by atoms with E-state index in [1.165, 1.54) is 4.90 Å². The number of benzene rings is 2. The molecule has 156 valence electrons. The molecule has 31 heavy (non-hydrogen) atoms. The van der Waals surface area contributed by atoms with Gasteiger partial charge in [-0.2, -0.15) is 0 Å². The molecule has 4 rings (SSSR count). The zero-order chi connectivity index (χ0) is 22.0. The molecule has 6 nitrogen and oxygen atoms in total. The Kier molecular flexibility index (Phi) is 5.54. The Morgan fingerprint density at radius 2 is 1.84 bits per heavy atom. The van der Waals surface area contributed by atoms with Gasteiger partial charge in [-0.25, -0.2) is 0 Å². The molecule has 0 saturated carbocycles. The molecule has 1 aliphatic heterocycles. The summed E-state index contributed by atoms with van der Waals surface area (Å²) in [5.41, 5.74) is 2.91. The van der Waals surface area contributed by atoms with Crippen LogP contribution < -0.4 is 4.74 Å². The van der Waals surface area contributed by atoms with Crippen LogP contribution in [-0.4, -0.2) is 33.8 Å². The number of rotatable bonds is 5. The van der Waals surface area contributed by atoms with Crippen molar-refractivity contribution in [1.82, 2.24) is 9.88 Å².